The van der Waals surface area contributed by atoms with E-state index < -0.39 is 5.63 Å². The van der Waals surface area contributed by atoms with Crippen molar-refractivity contribution in [1.29, 1.82) is 0 Å². The fourth-order valence-corrected chi connectivity index (χ4v) is 2.84. The van der Waals surface area contributed by atoms with Gasteiger partial charge in [-0.15, -0.1) is 0 Å². The van der Waals surface area contributed by atoms with Crippen LogP contribution < -0.4 is 15.7 Å². The van der Waals surface area contributed by atoms with E-state index in [0.29, 0.717) is 21.6 Å². The van der Waals surface area contributed by atoms with Crippen molar-refractivity contribution < 1.29 is 13.9 Å². The number of methoxy groups -OCH3 is 1. The van der Waals surface area contributed by atoms with Gasteiger partial charge in [-0.25, -0.2) is 4.79 Å². The Morgan fingerprint density at radius 1 is 1.19 bits per heavy atom. The Morgan fingerprint density at radius 3 is 2.62 bits per heavy atom. The van der Waals surface area contributed by atoms with Gasteiger partial charge < -0.3 is 14.5 Å². The topological polar surface area (TPSA) is 68.5 Å². The number of carbonyl (C=O) groups excluding carboxylic acids is 1. The number of ether oxygens (including phenoxy) is 1. The Balaban J connectivity index is 1.75. The number of nitrogens with one attached hydrogen (secondary N) is 1. The molecule has 0 fully saturated rings. The summed E-state index contributed by atoms with van der Waals surface area (Å²) in [6.07, 6.45) is 0.239. The second kappa shape index (κ2) is 7.62. The molecule has 1 N–H and O–H groups in total. The van der Waals surface area contributed by atoms with Gasteiger partial charge in [0.15, 0.2) is 0 Å². The van der Waals surface area contributed by atoms with Gasteiger partial charge in [-0.05, 0) is 47.9 Å². The smallest absolute Gasteiger partial charge is 0.336 e. The average Bonchev–Trinajstić information content (AvgIpc) is 2.62. The molecule has 1 amide bonds. The highest BCUT2D eigenvalue weighted by Crippen LogP contribution is 2.25. The molecule has 3 rings (SSSR count). The van der Waals surface area contributed by atoms with Crippen LogP contribution in [-0.2, 0) is 17.8 Å². The van der Waals surface area contributed by atoms with Crippen molar-refractivity contribution in [2.75, 3.05) is 7.11 Å². The Morgan fingerprint density at radius 2 is 1.92 bits per heavy atom. The van der Waals surface area contributed by atoms with Gasteiger partial charge in [0.05, 0.1) is 13.5 Å². The number of hydrogen-bond acceptors (Lipinski definition) is 4. The number of hydrogen-bond donors (Lipinski definition) is 1. The Kier molecular flexibility index (Phi) is 5.28. The molecule has 0 atom stereocenters. The zero-order chi connectivity index (χ0) is 18.7. The Labute approximate surface area is 155 Å². The number of fused-ring (bicyclic) bond motifs is 1. The third-order valence-electron chi connectivity index (χ3n) is 4.11. The van der Waals surface area contributed by atoms with Crippen LogP contribution in [0.1, 0.15) is 16.7 Å². The van der Waals surface area contributed by atoms with Crippen LogP contribution in [0.15, 0.2) is 51.7 Å². The Bertz CT molecular complexity index is 1010. The SMILES string of the molecule is COc1ccc(CC(=O)NCc2cc(=O)oc3cc(C)c(Cl)cc23)cc1. The van der Waals surface area contributed by atoms with E-state index >= 15 is 0 Å². The molecule has 0 saturated heterocycles. The Hall–Kier alpha value is -2.79. The van der Waals surface area contributed by atoms with Crippen molar-refractivity contribution in [3.63, 3.8) is 0 Å². The maximum Gasteiger partial charge on any atom is 0.336 e. The van der Waals surface area contributed by atoms with Crippen molar-refractivity contribution in [2.24, 2.45) is 0 Å². The summed E-state index contributed by atoms with van der Waals surface area (Å²) in [5, 5.41) is 4.13. The fourth-order valence-electron chi connectivity index (χ4n) is 2.68. The van der Waals surface area contributed by atoms with Crippen LogP contribution in [0.25, 0.3) is 11.0 Å². The fraction of sp³-hybridized carbons (Fsp3) is 0.200. The summed E-state index contributed by atoms with van der Waals surface area (Å²) in [5.74, 6) is 0.596. The summed E-state index contributed by atoms with van der Waals surface area (Å²) < 4.78 is 10.3. The number of halogens is 1. The van der Waals surface area contributed by atoms with Crippen molar-refractivity contribution in [3.8, 4) is 5.75 Å². The number of amides is 1. The summed E-state index contributed by atoms with van der Waals surface area (Å²) in [4.78, 5) is 24.0. The first-order valence-electron chi connectivity index (χ1n) is 8.09. The summed E-state index contributed by atoms with van der Waals surface area (Å²) in [6.45, 7) is 2.06. The summed E-state index contributed by atoms with van der Waals surface area (Å²) >= 11 is 6.18. The highest BCUT2D eigenvalue weighted by molar-refractivity contribution is 6.32. The molecule has 0 aliphatic heterocycles. The summed E-state index contributed by atoms with van der Waals surface area (Å²) in [6, 6.07) is 12.1. The normalized spacial score (nSPS) is 10.7. The number of aryl methyl sites for hydroxylation is 1. The molecule has 26 heavy (non-hydrogen) atoms. The molecule has 134 valence electrons. The van der Waals surface area contributed by atoms with Gasteiger partial charge >= 0.3 is 5.63 Å². The maximum atomic E-state index is 12.2. The van der Waals surface area contributed by atoms with E-state index in [4.69, 9.17) is 20.8 Å². The number of rotatable bonds is 5. The summed E-state index contributed by atoms with van der Waals surface area (Å²) in [5.41, 5.74) is 2.36. The third kappa shape index (κ3) is 4.06. The van der Waals surface area contributed by atoms with Crippen molar-refractivity contribution in [3.05, 3.63) is 74.6 Å². The molecule has 0 radical (unpaired) electrons. The van der Waals surface area contributed by atoms with Gasteiger partial charge in [-0.2, -0.15) is 0 Å². The standard InChI is InChI=1S/C20H18ClNO4/c1-12-7-18-16(10-17(12)21)14(9-20(24)26-18)11-22-19(23)8-13-3-5-15(25-2)6-4-13/h3-7,9-10H,8,11H2,1-2H3,(H,22,23). The lowest BCUT2D eigenvalue weighted by Gasteiger charge is -2.09. The molecular weight excluding hydrogens is 354 g/mol. The van der Waals surface area contributed by atoms with Gasteiger partial charge in [0.25, 0.3) is 0 Å². The molecule has 0 unspecified atom stereocenters. The lowest BCUT2D eigenvalue weighted by atomic mass is 10.1. The number of benzene rings is 2. The molecule has 1 heterocycles. The first-order chi connectivity index (χ1) is 12.5. The van der Waals surface area contributed by atoms with Gasteiger partial charge in [-0.1, -0.05) is 23.7 Å². The van der Waals surface area contributed by atoms with Crippen molar-refractivity contribution in [1.82, 2.24) is 5.32 Å². The molecule has 0 aliphatic carbocycles. The van der Waals surface area contributed by atoms with Crippen LogP contribution in [0.5, 0.6) is 5.75 Å². The van der Waals surface area contributed by atoms with Crippen LogP contribution in [0.3, 0.4) is 0 Å². The minimum absolute atomic E-state index is 0.144. The largest absolute Gasteiger partial charge is 0.497 e. The molecule has 5 nitrogen and oxygen atoms in total. The summed E-state index contributed by atoms with van der Waals surface area (Å²) in [7, 11) is 1.59. The first kappa shape index (κ1) is 18.0. The van der Waals surface area contributed by atoms with Gasteiger partial charge in [-0.3, -0.25) is 4.79 Å². The van der Waals surface area contributed by atoms with E-state index in [-0.39, 0.29) is 18.9 Å². The van der Waals surface area contributed by atoms with E-state index in [2.05, 4.69) is 5.32 Å². The van der Waals surface area contributed by atoms with E-state index in [0.717, 1.165) is 16.9 Å². The molecule has 6 heteroatoms. The molecule has 0 aliphatic rings. The van der Waals surface area contributed by atoms with Gasteiger partial charge in [0.1, 0.15) is 11.3 Å². The molecule has 2 aromatic carbocycles. The van der Waals surface area contributed by atoms with Crippen molar-refractivity contribution in [2.45, 2.75) is 19.9 Å². The van der Waals surface area contributed by atoms with Crippen LogP contribution in [0.4, 0.5) is 0 Å². The molecule has 1 aromatic heterocycles. The van der Waals surface area contributed by atoms with Crippen molar-refractivity contribution >= 4 is 28.5 Å². The molecule has 3 aromatic rings. The van der Waals surface area contributed by atoms with E-state index in [1.54, 1.807) is 19.2 Å². The average molecular weight is 372 g/mol. The predicted octanol–water partition coefficient (Wildman–Crippen LogP) is 3.62. The van der Waals surface area contributed by atoms with E-state index in [9.17, 15) is 9.59 Å². The second-order valence-electron chi connectivity index (χ2n) is 5.99. The predicted molar refractivity (Wildman–Crippen MR) is 101 cm³/mol. The lowest BCUT2D eigenvalue weighted by molar-refractivity contribution is -0.120. The lowest BCUT2D eigenvalue weighted by Crippen LogP contribution is -2.25. The second-order valence-corrected chi connectivity index (χ2v) is 6.40. The molecular formula is C20H18ClNO4. The van der Waals surface area contributed by atoms with Crippen LogP contribution in [0.2, 0.25) is 5.02 Å². The zero-order valence-corrected chi connectivity index (χ0v) is 15.2. The molecule has 0 bridgehead atoms. The third-order valence-corrected chi connectivity index (χ3v) is 4.52. The monoisotopic (exact) mass is 371 g/mol. The molecule has 0 spiro atoms. The van der Waals surface area contributed by atoms with Gasteiger partial charge in [0.2, 0.25) is 5.91 Å². The first-order valence-corrected chi connectivity index (χ1v) is 8.46. The van der Waals surface area contributed by atoms with Crippen LogP contribution in [-0.4, -0.2) is 13.0 Å². The maximum absolute atomic E-state index is 12.2. The highest BCUT2D eigenvalue weighted by atomic mass is 35.5. The minimum Gasteiger partial charge on any atom is -0.497 e. The van der Waals surface area contributed by atoms with Crippen LogP contribution in [0, 0.1) is 6.92 Å². The number of carbonyl (C=O) groups is 1. The minimum atomic E-state index is -0.460. The quantitative estimate of drug-likeness (QED) is 0.695. The highest BCUT2D eigenvalue weighted by Gasteiger charge is 2.10. The zero-order valence-electron chi connectivity index (χ0n) is 14.5. The van der Waals surface area contributed by atoms with E-state index in [1.807, 2.05) is 31.2 Å². The molecule has 0 saturated carbocycles. The van der Waals surface area contributed by atoms with E-state index in [1.165, 1.54) is 6.07 Å². The van der Waals surface area contributed by atoms with Crippen LogP contribution >= 0.6 is 11.6 Å². The van der Waals surface area contributed by atoms with Gasteiger partial charge in [0, 0.05) is 23.0 Å².